The van der Waals surface area contributed by atoms with Gasteiger partial charge in [0.1, 0.15) is 0 Å². The summed E-state index contributed by atoms with van der Waals surface area (Å²) in [5.41, 5.74) is 5.00. The van der Waals surface area contributed by atoms with Gasteiger partial charge in [-0.15, -0.1) is 0 Å². The van der Waals surface area contributed by atoms with Gasteiger partial charge in [0.2, 0.25) is 0 Å². The van der Waals surface area contributed by atoms with Gasteiger partial charge < -0.3 is 0 Å². The van der Waals surface area contributed by atoms with Gasteiger partial charge in [0.05, 0.1) is 0 Å². The molecular weight excluding hydrogens is 373 g/mol. The first-order valence-corrected chi connectivity index (χ1v) is 8.85. The van der Waals surface area contributed by atoms with Crippen molar-refractivity contribution in [1.82, 2.24) is 15.0 Å². The van der Waals surface area contributed by atoms with Crippen LogP contribution in [0.4, 0.5) is 0 Å². The number of H-pyrrole nitrogens is 1. The summed E-state index contributed by atoms with van der Waals surface area (Å²) in [6.07, 6.45) is 6.30. The number of hydrogen-bond acceptors (Lipinski definition) is 3. The van der Waals surface area contributed by atoms with E-state index >= 15 is 0 Å². The first-order valence-electron chi connectivity index (χ1n) is 7.91. The maximum atomic E-state index is 12.4. The summed E-state index contributed by atoms with van der Waals surface area (Å²) < 4.78 is 0.674. The smallest absolute Gasteiger partial charge is 0.00201 e. The van der Waals surface area contributed by atoms with E-state index < -0.39 is 0 Å². The second-order valence-corrected chi connectivity index (χ2v) is 6.64. The molecule has 3 heterocycles. The number of hydrogen-bond donors (Lipinski definition) is 1. The van der Waals surface area contributed by atoms with Gasteiger partial charge in [-0.2, -0.15) is 0 Å². The predicted octanol–water partition coefficient (Wildman–Crippen LogP) is 2.57. The average Bonchev–Trinajstić information content (AvgIpc) is 3.32. The van der Waals surface area contributed by atoms with Gasteiger partial charge in [0, 0.05) is 0 Å². The molecule has 1 aliphatic rings. The summed E-state index contributed by atoms with van der Waals surface area (Å²) in [5.74, 6) is -0.0435. The van der Waals surface area contributed by atoms with Crippen molar-refractivity contribution in [3.8, 4) is 0 Å². The van der Waals surface area contributed by atoms with Crippen LogP contribution in [-0.4, -0.2) is 37.6 Å². The van der Waals surface area contributed by atoms with E-state index in [2.05, 4.69) is 56.1 Å². The topological polar surface area (TPSA) is 58.6 Å². The van der Waals surface area contributed by atoms with Crippen molar-refractivity contribution in [2.24, 2.45) is 0 Å². The molecule has 4 nitrogen and oxygen atoms in total. The molecule has 0 bridgehead atoms. The number of nitrogens with one attached hydrogen (secondary N) is 1. The Hall–Kier alpha value is -2.71. The van der Waals surface area contributed by atoms with Crippen molar-refractivity contribution in [3.05, 3.63) is 89.4 Å². The van der Waals surface area contributed by atoms with E-state index in [-0.39, 0.29) is 5.78 Å². The third-order valence-corrected chi connectivity index (χ3v) is 4.85. The number of ketones is 1. The van der Waals surface area contributed by atoms with Gasteiger partial charge >= 0.3 is 112 Å². The van der Waals surface area contributed by atoms with Gasteiger partial charge in [-0.3, -0.25) is 0 Å². The Morgan fingerprint density at radius 2 is 1.64 bits per heavy atom. The van der Waals surface area contributed by atoms with Crippen molar-refractivity contribution in [2.45, 2.75) is 6.42 Å². The third kappa shape index (κ3) is 3.26. The SMILES string of the molecule is O=C(c1cccnc1[As])c1c[nH]c2ncccc12.c1ccc2c(c1)C2. The summed E-state index contributed by atoms with van der Waals surface area (Å²) in [5, 5.41) is 0.832. The molecular formula is C20H14AsN3O. The zero-order valence-electron chi connectivity index (χ0n) is 13.3. The van der Waals surface area contributed by atoms with Crippen molar-refractivity contribution < 1.29 is 4.79 Å². The van der Waals surface area contributed by atoms with E-state index in [0.717, 1.165) is 11.0 Å². The molecule has 1 N–H and O–H groups in total. The van der Waals surface area contributed by atoms with Gasteiger partial charge in [0.15, 0.2) is 0 Å². The molecule has 1 aromatic carbocycles. The van der Waals surface area contributed by atoms with Crippen LogP contribution < -0.4 is 4.48 Å². The Morgan fingerprint density at radius 1 is 0.920 bits per heavy atom. The van der Waals surface area contributed by atoms with Crippen LogP contribution in [0.1, 0.15) is 27.0 Å². The molecule has 0 spiro atoms. The normalized spacial score (nSPS) is 11.4. The molecule has 3 aromatic heterocycles. The number of aromatic nitrogens is 3. The van der Waals surface area contributed by atoms with Crippen molar-refractivity contribution in [1.29, 1.82) is 0 Å². The third-order valence-electron chi connectivity index (χ3n) is 4.10. The minimum absolute atomic E-state index is 0.0435. The monoisotopic (exact) mass is 387 g/mol. The molecule has 0 unspecified atom stereocenters. The molecule has 0 amide bonds. The Morgan fingerprint density at radius 3 is 2.36 bits per heavy atom. The zero-order valence-corrected chi connectivity index (χ0v) is 15.2. The van der Waals surface area contributed by atoms with Crippen LogP contribution in [0.5, 0.6) is 0 Å². The standard InChI is InChI=1S/C13H8AsN3O.C7H6/c14-12-9(4-2-5-15-12)11(18)10-7-17-13-8(10)3-1-6-16-13;1-2-4-7-5-6(7)3-1/h1-7H,(H,16,17);1-4H,5H2. The van der Waals surface area contributed by atoms with E-state index in [1.54, 1.807) is 30.7 Å². The van der Waals surface area contributed by atoms with Gasteiger partial charge in [-0.1, -0.05) is 24.3 Å². The number of carbonyl (C=O) groups excluding carboxylic acids is 1. The van der Waals surface area contributed by atoms with E-state index in [9.17, 15) is 4.79 Å². The molecule has 25 heavy (non-hydrogen) atoms. The summed E-state index contributed by atoms with van der Waals surface area (Å²) in [6.45, 7) is 0. The zero-order chi connectivity index (χ0) is 17.2. The van der Waals surface area contributed by atoms with Gasteiger partial charge in [-0.25, -0.2) is 0 Å². The van der Waals surface area contributed by atoms with Crippen LogP contribution in [0.2, 0.25) is 0 Å². The first-order chi connectivity index (χ1) is 12.2. The van der Waals surface area contributed by atoms with Crippen molar-refractivity contribution in [2.75, 3.05) is 0 Å². The quantitative estimate of drug-likeness (QED) is 0.374. The summed E-state index contributed by atoms with van der Waals surface area (Å²) in [7, 11) is 0. The minimum atomic E-state index is -0.0435. The molecule has 0 atom stereocenters. The second-order valence-electron chi connectivity index (χ2n) is 5.75. The molecule has 0 aliphatic heterocycles. The summed E-state index contributed by atoms with van der Waals surface area (Å²) in [6, 6.07) is 15.8. The molecule has 120 valence electrons. The molecule has 4 aromatic rings. The number of carbonyl (C=O) groups is 1. The van der Waals surface area contributed by atoms with Gasteiger partial charge in [0.25, 0.3) is 0 Å². The molecule has 2 radical (unpaired) electrons. The molecule has 5 rings (SSSR count). The van der Waals surface area contributed by atoms with E-state index in [1.165, 1.54) is 17.5 Å². The van der Waals surface area contributed by atoms with E-state index in [4.69, 9.17) is 0 Å². The van der Waals surface area contributed by atoms with Gasteiger partial charge in [-0.05, 0) is 17.5 Å². The number of fused-ring (bicyclic) bond motifs is 2. The Bertz CT molecular complexity index is 1050. The van der Waals surface area contributed by atoms with Crippen molar-refractivity contribution in [3.63, 3.8) is 0 Å². The second kappa shape index (κ2) is 6.65. The van der Waals surface area contributed by atoms with Crippen LogP contribution in [-0.2, 0) is 6.42 Å². The molecule has 0 fully saturated rings. The first kappa shape index (κ1) is 15.8. The fourth-order valence-electron chi connectivity index (χ4n) is 2.70. The Balaban J connectivity index is 0.000000185. The van der Waals surface area contributed by atoms with Crippen LogP contribution in [0.15, 0.2) is 67.1 Å². The Kier molecular flexibility index (Phi) is 4.20. The minimum Gasteiger partial charge on any atom is -0.0620 e. The number of pyridine rings is 2. The largest absolute Gasteiger partial charge is 0.0620 e. The fourth-order valence-corrected chi connectivity index (χ4v) is 3.21. The maximum Gasteiger partial charge on any atom is -0.00201 e. The molecule has 1 aliphatic carbocycles. The van der Waals surface area contributed by atoms with Crippen molar-refractivity contribution >= 4 is 38.2 Å². The summed E-state index contributed by atoms with van der Waals surface area (Å²) >= 11 is 2.32. The van der Waals surface area contributed by atoms with Crippen LogP contribution >= 0.6 is 0 Å². The average molecular weight is 387 g/mol. The predicted molar refractivity (Wildman–Crippen MR) is 98.4 cm³/mol. The van der Waals surface area contributed by atoms with Crippen LogP contribution in [0.25, 0.3) is 11.0 Å². The fraction of sp³-hybridized carbons (Fsp3) is 0.0500. The van der Waals surface area contributed by atoms with E-state index in [1.807, 2.05) is 12.1 Å². The summed E-state index contributed by atoms with van der Waals surface area (Å²) in [4.78, 5) is 23.7. The molecule has 5 heteroatoms. The number of benzene rings is 1. The maximum absolute atomic E-state index is 12.4. The van der Waals surface area contributed by atoms with E-state index in [0.29, 0.717) is 15.6 Å². The number of rotatable bonds is 2. The number of aromatic amines is 1. The van der Waals surface area contributed by atoms with Crippen LogP contribution in [0.3, 0.4) is 0 Å². The molecule has 0 saturated heterocycles. The Labute approximate surface area is 153 Å². The number of nitrogens with zero attached hydrogens (tertiary/aromatic N) is 2. The molecule has 0 saturated carbocycles. The van der Waals surface area contributed by atoms with Crippen LogP contribution in [0, 0.1) is 0 Å².